The highest BCUT2D eigenvalue weighted by molar-refractivity contribution is 5.88. The number of nitrogens with one attached hydrogen (secondary N) is 3. The molecule has 0 aliphatic carbocycles. The van der Waals surface area contributed by atoms with Crippen LogP contribution in [0.3, 0.4) is 0 Å². The number of hydrogen-bond acceptors (Lipinski definition) is 4. The summed E-state index contributed by atoms with van der Waals surface area (Å²) in [5.74, 6) is -2.08. The van der Waals surface area contributed by atoms with Gasteiger partial charge < -0.3 is 26.0 Å². The number of nitrogens with zero attached hydrogens (tertiary/aromatic N) is 1. The van der Waals surface area contributed by atoms with Gasteiger partial charge in [-0.3, -0.25) is 14.4 Å². The highest BCUT2D eigenvalue weighted by atomic mass is 16.4. The number of carbonyl (C=O) groups is 4. The van der Waals surface area contributed by atoms with Gasteiger partial charge in [0.1, 0.15) is 13.1 Å². The van der Waals surface area contributed by atoms with E-state index < -0.39 is 24.5 Å². The van der Waals surface area contributed by atoms with Gasteiger partial charge in [0.15, 0.2) is 0 Å². The summed E-state index contributed by atoms with van der Waals surface area (Å²) >= 11 is 0. The van der Waals surface area contributed by atoms with E-state index in [0.29, 0.717) is 6.54 Å². The maximum absolute atomic E-state index is 11.5. The number of amides is 4. The highest BCUT2D eigenvalue weighted by Crippen LogP contribution is 1.84. The number of urea groups is 1. The first-order chi connectivity index (χ1) is 9.36. The number of hydrogen-bond donors (Lipinski definition) is 4. The molecule has 0 saturated heterocycles. The monoisotopic (exact) mass is 288 g/mol. The van der Waals surface area contributed by atoms with Gasteiger partial charge in [-0.15, -0.1) is 0 Å². The fourth-order valence-corrected chi connectivity index (χ4v) is 1.14. The van der Waals surface area contributed by atoms with E-state index >= 15 is 0 Å². The molecule has 9 nitrogen and oxygen atoms in total. The molecule has 0 aliphatic rings. The molecule has 4 amide bonds. The fraction of sp³-hybridized carbons (Fsp3) is 0.636. The lowest BCUT2D eigenvalue weighted by molar-refractivity contribution is -0.137. The van der Waals surface area contributed by atoms with E-state index in [0.717, 1.165) is 11.3 Å². The summed E-state index contributed by atoms with van der Waals surface area (Å²) in [6.45, 7) is 1.46. The lowest BCUT2D eigenvalue weighted by Crippen LogP contribution is -2.46. The maximum Gasteiger partial charge on any atom is 0.322 e. The maximum atomic E-state index is 11.5. The molecule has 4 N–H and O–H groups in total. The zero-order valence-corrected chi connectivity index (χ0v) is 11.6. The smallest absolute Gasteiger partial charge is 0.322 e. The minimum absolute atomic E-state index is 0.122. The molecular formula is C11H20N4O5. The third-order valence-corrected chi connectivity index (χ3v) is 2.14. The van der Waals surface area contributed by atoms with Crippen LogP contribution in [-0.2, 0) is 14.4 Å². The molecule has 20 heavy (non-hydrogen) atoms. The molecule has 0 radical (unpaired) electrons. The number of carbonyl (C=O) groups excluding carboxylic acids is 3. The third kappa shape index (κ3) is 8.72. The van der Waals surface area contributed by atoms with Gasteiger partial charge in [0, 0.05) is 13.6 Å². The number of likely N-dealkylation sites (N-methyl/N-ethyl adjacent to an activating group) is 1. The zero-order chi connectivity index (χ0) is 15.5. The summed E-state index contributed by atoms with van der Waals surface area (Å²) in [5.41, 5.74) is 0. The van der Waals surface area contributed by atoms with Gasteiger partial charge in [-0.1, -0.05) is 6.92 Å². The van der Waals surface area contributed by atoms with Crippen LogP contribution >= 0.6 is 0 Å². The molecule has 0 bridgehead atoms. The standard InChI is InChI=1S/C11H20N4O5/c1-3-4-12-9(17)7-15(2)11(20)14-5-8(16)13-6-10(18)19/h3-7H2,1-2H3,(H,12,17)(H,13,16)(H,14,20)(H,18,19). The Kier molecular flexibility index (Phi) is 8.48. The summed E-state index contributed by atoms with van der Waals surface area (Å²) in [5, 5.41) is 15.3. The summed E-state index contributed by atoms with van der Waals surface area (Å²) in [6.07, 6.45) is 0.797. The van der Waals surface area contributed by atoms with Crippen molar-refractivity contribution in [2.24, 2.45) is 0 Å². The minimum atomic E-state index is -1.17. The van der Waals surface area contributed by atoms with Gasteiger partial charge in [-0.2, -0.15) is 0 Å². The predicted molar refractivity (Wildman–Crippen MR) is 70.0 cm³/mol. The van der Waals surface area contributed by atoms with Crippen molar-refractivity contribution < 1.29 is 24.3 Å². The Bertz CT molecular complexity index is 372. The van der Waals surface area contributed by atoms with E-state index in [1.807, 2.05) is 6.92 Å². The number of rotatable bonds is 8. The van der Waals surface area contributed by atoms with E-state index in [9.17, 15) is 19.2 Å². The summed E-state index contributed by atoms with van der Waals surface area (Å²) in [4.78, 5) is 45.4. The van der Waals surface area contributed by atoms with E-state index in [-0.39, 0.29) is 19.0 Å². The van der Waals surface area contributed by atoms with Crippen molar-refractivity contribution in [3.63, 3.8) is 0 Å². The van der Waals surface area contributed by atoms with E-state index in [1.165, 1.54) is 7.05 Å². The van der Waals surface area contributed by atoms with Crippen LogP contribution < -0.4 is 16.0 Å². The highest BCUT2D eigenvalue weighted by Gasteiger charge is 2.13. The van der Waals surface area contributed by atoms with Gasteiger partial charge >= 0.3 is 12.0 Å². The molecule has 0 aliphatic heterocycles. The summed E-state index contributed by atoms with van der Waals surface area (Å²) in [6, 6.07) is -0.595. The SMILES string of the molecule is CCCNC(=O)CN(C)C(=O)NCC(=O)NCC(=O)O. The zero-order valence-electron chi connectivity index (χ0n) is 11.6. The second-order valence-corrected chi connectivity index (χ2v) is 4.04. The van der Waals surface area contributed by atoms with Gasteiger partial charge in [-0.25, -0.2) is 4.79 Å². The molecular weight excluding hydrogens is 268 g/mol. The van der Waals surface area contributed by atoms with Crippen molar-refractivity contribution in [3.8, 4) is 0 Å². The molecule has 9 heteroatoms. The van der Waals surface area contributed by atoms with Gasteiger partial charge in [0.25, 0.3) is 0 Å². The topological polar surface area (TPSA) is 128 Å². The lowest BCUT2D eigenvalue weighted by atomic mass is 10.4. The first kappa shape index (κ1) is 17.7. The van der Waals surface area contributed by atoms with E-state index in [4.69, 9.17) is 5.11 Å². The van der Waals surface area contributed by atoms with Gasteiger partial charge in [-0.05, 0) is 6.42 Å². The van der Waals surface area contributed by atoms with Crippen molar-refractivity contribution in [1.29, 1.82) is 0 Å². The lowest BCUT2D eigenvalue weighted by Gasteiger charge is -2.17. The van der Waals surface area contributed by atoms with E-state index in [2.05, 4.69) is 16.0 Å². The molecule has 0 fully saturated rings. The van der Waals surface area contributed by atoms with Crippen molar-refractivity contribution in [1.82, 2.24) is 20.9 Å². The van der Waals surface area contributed by atoms with Crippen molar-refractivity contribution >= 4 is 23.8 Å². The molecule has 0 unspecified atom stereocenters. The Morgan fingerprint density at radius 1 is 1.00 bits per heavy atom. The number of aliphatic carboxylic acids is 1. The van der Waals surface area contributed by atoms with Crippen LogP contribution in [0.25, 0.3) is 0 Å². The Morgan fingerprint density at radius 2 is 1.65 bits per heavy atom. The molecule has 0 rings (SSSR count). The molecule has 0 heterocycles. The summed E-state index contributed by atoms with van der Waals surface area (Å²) in [7, 11) is 1.41. The Labute approximate surface area is 116 Å². The van der Waals surface area contributed by atoms with Crippen molar-refractivity contribution in [2.45, 2.75) is 13.3 Å². The van der Waals surface area contributed by atoms with E-state index in [1.54, 1.807) is 0 Å². The normalized spacial score (nSPS) is 9.50. The largest absolute Gasteiger partial charge is 0.480 e. The van der Waals surface area contributed by atoms with Crippen LogP contribution in [0, 0.1) is 0 Å². The second kappa shape index (κ2) is 9.59. The molecule has 0 saturated carbocycles. The van der Waals surface area contributed by atoms with Gasteiger partial charge in [0.05, 0.1) is 6.54 Å². The molecule has 0 aromatic carbocycles. The molecule has 0 aromatic rings. The molecule has 0 aromatic heterocycles. The molecule has 0 spiro atoms. The first-order valence-corrected chi connectivity index (χ1v) is 6.11. The van der Waals surface area contributed by atoms with Crippen LogP contribution in [0.15, 0.2) is 0 Å². The average molecular weight is 288 g/mol. The van der Waals surface area contributed by atoms with Crippen LogP contribution in [0.5, 0.6) is 0 Å². The van der Waals surface area contributed by atoms with Crippen molar-refractivity contribution in [2.75, 3.05) is 33.2 Å². The minimum Gasteiger partial charge on any atom is -0.480 e. The quantitative estimate of drug-likeness (QED) is 0.426. The molecule has 0 atom stereocenters. The van der Waals surface area contributed by atoms with Crippen LogP contribution in [0.2, 0.25) is 0 Å². The second-order valence-electron chi connectivity index (χ2n) is 4.04. The Balaban J connectivity index is 3.93. The Hall–Kier alpha value is -2.32. The predicted octanol–water partition coefficient (Wildman–Crippen LogP) is -1.65. The van der Waals surface area contributed by atoms with Crippen LogP contribution in [0.4, 0.5) is 4.79 Å². The fourth-order valence-electron chi connectivity index (χ4n) is 1.14. The number of carboxylic acids is 1. The molecule has 114 valence electrons. The van der Waals surface area contributed by atoms with Crippen molar-refractivity contribution in [3.05, 3.63) is 0 Å². The van der Waals surface area contributed by atoms with Crippen LogP contribution in [-0.4, -0.2) is 67.0 Å². The Morgan fingerprint density at radius 3 is 2.20 bits per heavy atom. The summed E-state index contributed by atoms with van der Waals surface area (Å²) < 4.78 is 0. The van der Waals surface area contributed by atoms with Crippen LogP contribution in [0.1, 0.15) is 13.3 Å². The van der Waals surface area contributed by atoms with Gasteiger partial charge in [0.2, 0.25) is 11.8 Å². The third-order valence-electron chi connectivity index (χ3n) is 2.14. The number of carboxylic acid groups (broad SMARTS) is 1. The first-order valence-electron chi connectivity index (χ1n) is 6.11. The average Bonchev–Trinajstić information content (AvgIpc) is 2.39.